The van der Waals surface area contributed by atoms with Crippen molar-refractivity contribution in [3.63, 3.8) is 0 Å². The molecule has 0 unspecified atom stereocenters. The lowest BCUT2D eigenvalue weighted by atomic mass is 10.1. The monoisotopic (exact) mass is 288 g/mol. The minimum atomic E-state index is 0.474. The van der Waals surface area contributed by atoms with E-state index in [1.165, 1.54) is 10.6 Å². The van der Waals surface area contributed by atoms with Crippen molar-refractivity contribution < 1.29 is 0 Å². The fourth-order valence-electron chi connectivity index (χ4n) is 2.80. The molecule has 3 heterocycles. The van der Waals surface area contributed by atoms with Crippen LogP contribution in [0.5, 0.6) is 0 Å². The molecule has 0 saturated carbocycles. The van der Waals surface area contributed by atoms with Gasteiger partial charge in [-0.3, -0.25) is 4.90 Å². The van der Waals surface area contributed by atoms with Gasteiger partial charge in [0, 0.05) is 35.3 Å². The number of aromatic nitrogens is 3. The molecule has 1 aliphatic rings. The Morgan fingerprint density at radius 2 is 2.00 bits per heavy atom. The van der Waals surface area contributed by atoms with E-state index in [-0.39, 0.29) is 0 Å². The fourth-order valence-corrected chi connectivity index (χ4v) is 3.62. The maximum atomic E-state index is 4.62. The van der Waals surface area contributed by atoms with Crippen LogP contribution in [0, 0.1) is 20.8 Å². The van der Waals surface area contributed by atoms with Crippen molar-refractivity contribution in [3.05, 3.63) is 39.4 Å². The lowest BCUT2D eigenvalue weighted by Gasteiger charge is -2.15. The summed E-state index contributed by atoms with van der Waals surface area (Å²) in [4.78, 5) is 17.4. The molecule has 0 bridgehead atoms. The van der Waals surface area contributed by atoms with Gasteiger partial charge in [0.1, 0.15) is 5.82 Å². The second-order valence-corrected chi connectivity index (χ2v) is 6.53. The highest BCUT2D eigenvalue weighted by Gasteiger charge is 2.26. The van der Waals surface area contributed by atoms with Crippen LogP contribution in [0.25, 0.3) is 0 Å². The van der Waals surface area contributed by atoms with Crippen LogP contribution in [0.2, 0.25) is 0 Å². The number of hydrogen-bond acceptors (Lipinski definition) is 5. The van der Waals surface area contributed by atoms with E-state index in [4.69, 9.17) is 0 Å². The maximum absolute atomic E-state index is 4.62. The number of rotatable bonds is 3. The molecule has 1 fully saturated rings. The minimum absolute atomic E-state index is 0.474. The summed E-state index contributed by atoms with van der Waals surface area (Å²) in [6, 6.07) is 2.04. The SMILES string of the molecule is Cc1cc(C)nc([C@@H]2CCN(Cc3scnc3C)C2)n1. The van der Waals surface area contributed by atoms with Crippen LogP contribution in [0.15, 0.2) is 11.6 Å². The number of likely N-dealkylation sites (tertiary alicyclic amines) is 1. The first-order valence-electron chi connectivity index (χ1n) is 7.05. The molecule has 1 saturated heterocycles. The Balaban J connectivity index is 1.69. The highest BCUT2D eigenvalue weighted by atomic mass is 32.1. The quantitative estimate of drug-likeness (QED) is 0.871. The molecule has 0 radical (unpaired) electrons. The Labute approximate surface area is 123 Å². The van der Waals surface area contributed by atoms with Crippen molar-refractivity contribution in [3.8, 4) is 0 Å². The molecule has 0 amide bonds. The third-order valence-corrected chi connectivity index (χ3v) is 4.77. The van der Waals surface area contributed by atoms with Crippen molar-refractivity contribution in [2.45, 2.75) is 39.7 Å². The Morgan fingerprint density at radius 1 is 1.25 bits per heavy atom. The van der Waals surface area contributed by atoms with Gasteiger partial charge in [-0.1, -0.05) is 0 Å². The molecule has 3 rings (SSSR count). The van der Waals surface area contributed by atoms with Crippen LogP contribution in [0.4, 0.5) is 0 Å². The standard InChI is InChI=1S/C15H20N4S/c1-10-6-11(2)18-15(17-10)13-4-5-19(7-13)8-14-12(3)16-9-20-14/h6,9,13H,4-5,7-8H2,1-3H3/t13-/m1/s1. The molecule has 4 nitrogen and oxygen atoms in total. The first-order chi connectivity index (χ1) is 9.61. The van der Waals surface area contributed by atoms with Gasteiger partial charge in [0.15, 0.2) is 0 Å². The number of nitrogens with zero attached hydrogens (tertiary/aromatic N) is 4. The van der Waals surface area contributed by atoms with Gasteiger partial charge in [-0.05, 0) is 39.8 Å². The molecule has 1 atom stereocenters. The Kier molecular flexibility index (Phi) is 3.81. The molecular weight excluding hydrogens is 268 g/mol. The van der Waals surface area contributed by atoms with Gasteiger partial charge >= 0.3 is 0 Å². The Hall–Kier alpha value is -1.33. The summed E-state index contributed by atoms with van der Waals surface area (Å²) in [5.41, 5.74) is 5.25. The first kappa shape index (κ1) is 13.6. The van der Waals surface area contributed by atoms with Gasteiger partial charge in [0.25, 0.3) is 0 Å². The molecule has 0 spiro atoms. The van der Waals surface area contributed by atoms with Crippen molar-refractivity contribution >= 4 is 11.3 Å². The van der Waals surface area contributed by atoms with Crippen molar-refractivity contribution in [2.75, 3.05) is 13.1 Å². The van der Waals surface area contributed by atoms with Crippen molar-refractivity contribution in [1.29, 1.82) is 0 Å². The largest absolute Gasteiger partial charge is 0.297 e. The van der Waals surface area contributed by atoms with E-state index < -0.39 is 0 Å². The molecular formula is C15H20N4S. The summed E-state index contributed by atoms with van der Waals surface area (Å²) >= 11 is 1.75. The van der Waals surface area contributed by atoms with Crippen LogP contribution in [0.1, 0.15) is 40.1 Å². The molecule has 1 aliphatic heterocycles. The molecule has 0 aliphatic carbocycles. The second kappa shape index (κ2) is 5.58. The van der Waals surface area contributed by atoms with Crippen molar-refractivity contribution in [1.82, 2.24) is 19.9 Å². The van der Waals surface area contributed by atoms with Crippen LogP contribution in [0.3, 0.4) is 0 Å². The Bertz CT molecular complexity index is 587. The second-order valence-electron chi connectivity index (χ2n) is 5.59. The maximum Gasteiger partial charge on any atom is 0.133 e. The summed E-state index contributed by atoms with van der Waals surface area (Å²) in [5, 5.41) is 0. The van der Waals surface area contributed by atoms with Gasteiger partial charge < -0.3 is 0 Å². The predicted octanol–water partition coefficient (Wildman–Crippen LogP) is 2.85. The Morgan fingerprint density at radius 3 is 2.65 bits per heavy atom. The average Bonchev–Trinajstić information content (AvgIpc) is 2.99. The number of hydrogen-bond donors (Lipinski definition) is 0. The lowest BCUT2D eigenvalue weighted by molar-refractivity contribution is 0.327. The fraction of sp³-hybridized carbons (Fsp3) is 0.533. The molecule has 20 heavy (non-hydrogen) atoms. The molecule has 0 aromatic carbocycles. The topological polar surface area (TPSA) is 41.9 Å². The van der Waals surface area contributed by atoms with E-state index in [0.717, 1.165) is 43.3 Å². The van der Waals surface area contributed by atoms with Gasteiger partial charge in [-0.15, -0.1) is 11.3 Å². The van der Waals surface area contributed by atoms with Crippen molar-refractivity contribution in [2.24, 2.45) is 0 Å². The van der Waals surface area contributed by atoms with E-state index in [1.54, 1.807) is 11.3 Å². The predicted molar refractivity (Wildman–Crippen MR) is 81.0 cm³/mol. The summed E-state index contributed by atoms with van der Waals surface area (Å²) in [7, 11) is 0. The van der Waals surface area contributed by atoms with Crippen LogP contribution < -0.4 is 0 Å². The van der Waals surface area contributed by atoms with E-state index >= 15 is 0 Å². The van der Waals surface area contributed by atoms with E-state index in [9.17, 15) is 0 Å². The minimum Gasteiger partial charge on any atom is -0.297 e. The van der Waals surface area contributed by atoms with E-state index in [2.05, 4.69) is 26.8 Å². The van der Waals surface area contributed by atoms with Gasteiger partial charge in [0.2, 0.25) is 0 Å². The highest BCUT2D eigenvalue weighted by molar-refractivity contribution is 7.09. The summed E-state index contributed by atoms with van der Waals surface area (Å²) in [5.74, 6) is 1.49. The lowest BCUT2D eigenvalue weighted by Crippen LogP contribution is -2.20. The van der Waals surface area contributed by atoms with Gasteiger partial charge in [0.05, 0.1) is 11.2 Å². The number of aryl methyl sites for hydroxylation is 3. The van der Waals surface area contributed by atoms with Crippen LogP contribution in [-0.2, 0) is 6.54 Å². The van der Waals surface area contributed by atoms with Gasteiger partial charge in [-0.25, -0.2) is 15.0 Å². The highest BCUT2D eigenvalue weighted by Crippen LogP contribution is 2.27. The zero-order valence-corrected chi connectivity index (χ0v) is 13.1. The summed E-state index contributed by atoms with van der Waals surface area (Å²) in [6.45, 7) is 9.37. The molecule has 0 N–H and O–H groups in total. The summed E-state index contributed by atoms with van der Waals surface area (Å²) < 4.78 is 0. The zero-order valence-electron chi connectivity index (χ0n) is 12.3. The molecule has 2 aromatic rings. The van der Waals surface area contributed by atoms with E-state index in [1.807, 2.05) is 25.4 Å². The summed E-state index contributed by atoms with van der Waals surface area (Å²) in [6.07, 6.45) is 1.15. The molecule has 5 heteroatoms. The normalized spacial score (nSPS) is 19.6. The third kappa shape index (κ3) is 2.88. The van der Waals surface area contributed by atoms with Crippen LogP contribution >= 0.6 is 11.3 Å². The zero-order chi connectivity index (χ0) is 14.1. The van der Waals surface area contributed by atoms with Crippen LogP contribution in [-0.4, -0.2) is 32.9 Å². The number of thiazole rings is 1. The van der Waals surface area contributed by atoms with E-state index in [0.29, 0.717) is 5.92 Å². The molecule has 2 aromatic heterocycles. The molecule has 106 valence electrons. The average molecular weight is 288 g/mol. The smallest absolute Gasteiger partial charge is 0.133 e. The first-order valence-corrected chi connectivity index (χ1v) is 7.93. The third-order valence-electron chi connectivity index (χ3n) is 3.85. The van der Waals surface area contributed by atoms with Gasteiger partial charge in [-0.2, -0.15) is 0 Å².